The molecule has 1 atom stereocenters. The van der Waals surface area contributed by atoms with E-state index in [0.29, 0.717) is 31.7 Å². The van der Waals surface area contributed by atoms with Gasteiger partial charge < -0.3 is 14.6 Å². The highest BCUT2D eigenvalue weighted by atomic mass is 16.5. The maximum atomic E-state index is 12.1. The van der Waals surface area contributed by atoms with Crippen molar-refractivity contribution in [1.82, 2.24) is 5.32 Å². The summed E-state index contributed by atoms with van der Waals surface area (Å²) in [7, 11) is 3.33. The molecule has 2 N–H and O–H groups in total. The number of phenolic OH excluding ortho intramolecular Hbond substituents is 1. The Morgan fingerprint density at radius 2 is 2.18 bits per heavy atom. The molecule has 1 unspecified atom stereocenters. The summed E-state index contributed by atoms with van der Waals surface area (Å²) >= 11 is 0. The lowest BCUT2D eigenvalue weighted by atomic mass is 10.0. The second-order valence-corrected chi connectivity index (χ2v) is 5.32. The molecule has 22 heavy (non-hydrogen) atoms. The number of aromatic hydroxyl groups is 1. The van der Waals surface area contributed by atoms with Crippen LogP contribution in [0.4, 0.5) is 0 Å². The van der Waals surface area contributed by atoms with E-state index >= 15 is 0 Å². The largest absolute Gasteiger partial charge is 0.504 e. The van der Waals surface area contributed by atoms with E-state index in [2.05, 4.69) is 12.2 Å². The number of methoxy groups -OCH3 is 1. The summed E-state index contributed by atoms with van der Waals surface area (Å²) in [6, 6.07) is 5.17. The summed E-state index contributed by atoms with van der Waals surface area (Å²) in [5.74, 6) is 0.744. The van der Waals surface area contributed by atoms with Crippen LogP contribution in [0.25, 0.3) is 0 Å². The Morgan fingerprint density at radius 1 is 1.41 bits per heavy atom. The molecule has 1 aromatic rings. The van der Waals surface area contributed by atoms with Gasteiger partial charge in [0.25, 0.3) is 0 Å². The van der Waals surface area contributed by atoms with Crippen LogP contribution in [-0.2, 0) is 16.0 Å². The third-order valence-corrected chi connectivity index (χ3v) is 3.47. The van der Waals surface area contributed by atoms with Gasteiger partial charge in [-0.3, -0.25) is 10.1 Å². The number of ketones is 1. The third kappa shape index (κ3) is 6.45. The van der Waals surface area contributed by atoms with E-state index < -0.39 is 0 Å². The number of benzene rings is 1. The molecule has 0 bridgehead atoms. The number of phenols is 1. The van der Waals surface area contributed by atoms with Gasteiger partial charge in [0.15, 0.2) is 11.5 Å². The molecule has 0 saturated carbocycles. The first-order valence-corrected chi connectivity index (χ1v) is 7.74. The van der Waals surface area contributed by atoms with Gasteiger partial charge in [-0.25, -0.2) is 0 Å². The molecule has 0 saturated heterocycles. The molecule has 0 spiro atoms. The van der Waals surface area contributed by atoms with Crippen molar-refractivity contribution in [2.75, 3.05) is 20.9 Å². The predicted octanol–water partition coefficient (Wildman–Crippen LogP) is 2.65. The van der Waals surface area contributed by atoms with Crippen LogP contribution in [0, 0.1) is 0 Å². The number of aryl methyl sites for hydroxylation is 1. The molecule has 1 rings (SSSR count). The van der Waals surface area contributed by atoms with Crippen molar-refractivity contribution in [1.29, 1.82) is 0 Å². The second-order valence-electron chi connectivity index (χ2n) is 5.32. The average molecular weight is 309 g/mol. The van der Waals surface area contributed by atoms with Crippen LogP contribution in [0.2, 0.25) is 0 Å². The third-order valence-electron chi connectivity index (χ3n) is 3.47. The van der Waals surface area contributed by atoms with Crippen molar-refractivity contribution in [2.24, 2.45) is 0 Å². The van der Waals surface area contributed by atoms with Gasteiger partial charge in [-0.15, -0.1) is 0 Å². The van der Waals surface area contributed by atoms with Crippen molar-refractivity contribution in [3.8, 4) is 11.5 Å². The van der Waals surface area contributed by atoms with Gasteiger partial charge in [-0.1, -0.05) is 19.4 Å². The summed E-state index contributed by atoms with van der Waals surface area (Å²) in [5, 5.41) is 12.5. The topological polar surface area (TPSA) is 67.8 Å². The molecule has 0 aliphatic rings. The van der Waals surface area contributed by atoms with Crippen LogP contribution in [0.15, 0.2) is 18.2 Å². The van der Waals surface area contributed by atoms with Gasteiger partial charge in [0, 0.05) is 12.8 Å². The molecular weight excluding hydrogens is 282 g/mol. The fraction of sp³-hybridized carbons (Fsp3) is 0.588. The minimum atomic E-state index is -0.0145. The highest BCUT2D eigenvalue weighted by Gasteiger charge is 2.14. The molecule has 0 radical (unpaired) electrons. The molecule has 0 fully saturated rings. The van der Waals surface area contributed by atoms with Gasteiger partial charge in [-0.05, 0) is 37.6 Å². The van der Waals surface area contributed by atoms with Crippen molar-refractivity contribution in [3.05, 3.63) is 23.8 Å². The number of nitrogens with one attached hydrogen (secondary N) is 1. The fourth-order valence-electron chi connectivity index (χ4n) is 2.28. The number of carbonyl (C=O) groups excluding carboxylic acids is 1. The Balaban J connectivity index is 2.47. The molecule has 0 aromatic heterocycles. The van der Waals surface area contributed by atoms with Crippen molar-refractivity contribution < 1.29 is 19.4 Å². The second kappa shape index (κ2) is 10.2. The number of rotatable bonds is 11. The summed E-state index contributed by atoms with van der Waals surface area (Å²) in [6.07, 6.45) is 3.43. The molecule has 124 valence electrons. The average Bonchev–Trinajstić information content (AvgIpc) is 2.52. The number of hydrogen-bond donors (Lipinski definition) is 2. The molecule has 1 aromatic carbocycles. The zero-order valence-corrected chi connectivity index (χ0v) is 13.7. The van der Waals surface area contributed by atoms with Crippen LogP contribution < -0.4 is 10.1 Å². The molecule has 5 nitrogen and oxygen atoms in total. The number of hydrogen-bond acceptors (Lipinski definition) is 5. The van der Waals surface area contributed by atoms with E-state index in [1.54, 1.807) is 12.1 Å². The van der Waals surface area contributed by atoms with Crippen molar-refractivity contribution in [3.63, 3.8) is 0 Å². The molecule has 0 heterocycles. The first kappa shape index (κ1) is 18.5. The van der Waals surface area contributed by atoms with E-state index in [1.165, 1.54) is 7.11 Å². The minimum Gasteiger partial charge on any atom is -0.504 e. The Morgan fingerprint density at radius 3 is 2.82 bits per heavy atom. The zero-order chi connectivity index (χ0) is 16.4. The summed E-state index contributed by atoms with van der Waals surface area (Å²) in [5.41, 5.74) is 0.978. The lowest BCUT2D eigenvalue weighted by Gasteiger charge is -2.16. The SMILES string of the molecule is CCCC(CC(=O)CCc1ccc(O)c(OC)c1)OCNC. The smallest absolute Gasteiger partial charge is 0.160 e. The lowest BCUT2D eigenvalue weighted by Crippen LogP contribution is -2.23. The quantitative estimate of drug-likeness (QED) is 0.615. The fourth-order valence-corrected chi connectivity index (χ4v) is 2.28. The molecule has 0 aliphatic carbocycles. The Labute approximate surface area is 132 Å². The number of Topliss-reactive ketones (excluding diaryl/α,β-unsaturated/α-hetero) is 1. The van der Waals surface area contributed by atoms with Crippen molar-refractivity contribution in [2.45, 2.75) is 45.1 Å². The van der Waals surface area contributed by atoms with E-state index in [1.807, 2.05) is 13.1 Å². The van der Waals surface area contributed by atoms with Gasteiger partial charge in [0.2, 0.25) is 0 Å². The first-order chi connectivity index (χ1) is 10.6. The van der Waals surface area contributed by atoms with Crippen LogP contribution in [0.5, 0.6) is 11.5 Å². The molecule has 0 aliphatic heterocycles. The minimum absolute atomic E-state index is 0.0145. The first-order valence-electron chi connectivity index (χ1n) is 7.74. The van der Waals surface area contributed by atoms with Gasteiger partial charge >= 0.3 is 0 Å². The zero-order valence-electron chi connectivity index (χ0n) is 13.7. The van der Waals surface area contributed by atoms with Crippen LogP contribution in [0.3, 0.4) is 0 Å². The van der Waals surface area contributed by atoms with Crippen LogP contribution >= 0.6 is 0 Å². The van der Waals surface area contributed by atoms with Gasteiger partial charge in [0.1, 0.15) is 5.78 Å². The summed E-state index contributed by atoms with van der Waals surface area (Å²) in [6.45, 7) is 2.55. The Hall–Kier alpha value is -1.59. The normalized spacial score (nSPS) is 12.1. The standard InChI is InChI=1S/C17H27NO4/c1-4-5-15(22-12-18-2)11-14(19)8-6-13-7-9-16(20)17(10-13)21-3/h7,9-10,15,18,20H,4-6,8,11-12H2,1-3H3. The van der Waals surface area contributed by atoms with Crippen LogP contribution in [-0.4, -0.2) is 37.9 Å². The van der Waals surface area contributed by atoms with E-state index in [0.717, 1.165) is 18.4 Å². The summed E-state index contributed by atoms with van der Waals surface area (Å²) < 4.78 is 10.7. The highest BCUT2D eigenvalue weighted by molar-refractivity contribution is 5.79. The van der Waals surface area contributed by atoms with E-state index in [4.69, 9.17) is 9.47 Å². The Kier molecular flexibility index (Phi) is 8.55. The highest BCUT2D eigenvalue weighted by Crippen LogP contribution is 2.26. The molecular formula is C17H27NO4. The number of carbonyl (C=O) groups is 1. The molecule has 5 heteroatoms. The van der Waals surface area contributed by atoms with E-state index in [-0.39, 0.29) is 17.6 Å². The van der Waals surface area contributed by atoms with Gasteiger partial charge in [-0.2, -0.15) is 0 Å². The van der Waals surface area contributed by atoms with E-state index in [9.17, 15) is 9.90 Å². The maximum Gasteiger partial charge on any atom is 0.160 e. The monoisotopic (exact) mass is 309 g/mol. The predicted molar refractivity (Wildman–Crippen MR) is 86.3 cm³/mol. The van der Waals surface area contributed by atoms with Crippen molar-refractivity contribution >= 4 is 5.78 Å². The Bertz CT molecular complexity index is 462. The van der Waals surface area contributed by atoms with Crippen LogP contribution in [0.1, 0.15) is 38.2 Å². The lowest BCUT2D eigenvalue weighted by molar-refractivity contribution is -0.122. The van der Waals surface area contributed by atoms with Gasteiger partial charge in [0.05, 0.1) is 19.9 Å². The summed E-state index contributed by atoms with van der Waals surface area (Å²) in [4.78, 5) is 12.1. The maximum absolute atomic E-state index is 12.1. The number of ether oxygens (including phenoxy) is 2. The molecule has 0 amide bonds.